The Labute approximate surface area is 175 Å². The molecule has 2 aromatic rings. The fraction of sp³-hybridized carbons (Fsp3) is 0.455. The van der Waals surface area contributed by atoms with Crippen molar-refractivity contribution >= 4 is 23.2 Å². The smallest absolute Gasteiger partial charge is 0.242 e. The normalized spacial score (nSPS) is 18.1. The Bertz CT molecular complexity index is 892. The minimum absolute atomic E-state index is 0.0161. The molecule has 2 aliphatic rings. The van der Waals surface area contributed by atoms with Gasteiger partial charge in [-0.2, -0.15) is 0 Å². The molecule has 1 aliphatic carbocycles. The molecule has 0 spiro atoms. The highest BCUT2D eigenvalue weighted by Crippen LogP contribution is 2.35. The molecule has 1 saturated carbocycles. The van der Waals surface area contributed by atoms with Crippen LogP contribution in [0.25, 0.3) is 0 Å². The lowest BCUT2D eigenvalue weighted by Crippen LogP contribution is -2.48. The average molecular weight is 415 g/mol. The van der Waals surface area contributed by atoms with E-state index in [0.717, 1.165) is 24.8 Å². The summed E-state index contributed by atoms with van der Waals surface area (Å²) in [6.45, 7) is 2.67. The predicted molar refractivity (Wildman–Crippen MR) is 111 cm³/mol. The minimum atomic E-state index is -0.171. The minimum Gasteiger partial charge on any atom is -0.493 e. The van der Waals surface area contributed by atoms with E-state index in [1.807, 2.05) is 29.2 Å². The molecule has 29 heavy (non-hydrogen) atoms. The molecular formula is C22H26N2O4S. The number of fused-ring (bicyclic) bond motifs is 1. The summed E-state index contributed by atoms with van der Waals surface area (Å²) in [6.07, 6.45) is 2.82. The van der Waals surface area contributed by atoms with E-state index >= 15 is 0 Å². The fourth-order valence-electron chi connectivity index (χ4n) is 3.90. The van der Waals surface area contributed by atoms with E-state index in [9.17, 15) is 9.59 Å². The summed E-state index contributed by atoms with van der Waals surface area (Å²) in [7, 11) is 1.61. The summed E-state index contributed by atoms with van der Waals surface area (Å²) in [5, 5.41) is 2.07. The largest absolute Gasteiger partial charge is 0.493 e. The van der Waals surface area contributed by atoms with Crippen molar-refractivity contribution in [3.63, 3.8) is 0 Å². The van der Waals surface area contributed by atoms with Crippen LogP contribution in [0.5, 0.6) is 11.5 Å². The molecule has 1 fully saturated rings. The van der Waals surface area contributed by atoms with Gasteiger partial charge in [-0.3, -0.25) is 9.59 Å². The third kappa shape index (κ3) is 4.24. The number of benzene rings is 1. The lowest BCUT2D eigenvalue weighted by molar-refractivity contribution is -0.142. The Hall–Kier alpha value is -2.54. The van der Waals surface area contributed by atoms with E-state index in [1.165, 1.54) is 4.88 Å². The molecule has 1 unspecified atom stereocenters. The van der Waals surface area contributed by atoms with Crippen molar-refractivity contribution in [3.8, 4) is 11.5 Å². The number of methoxy groups -OCH3 is 1. The number of nitrogens with zero attached hydrogens (tertiary/aromatic N) is 2. The van der Waals surface area contributed by atoms with Gasteiger partial charge in [-0.05, 0) is 48.4 Å². The van der Waals surface area contributed by atoms with Gasteiger partial charge < -0.3 is 19.3 Å². The maximum atomic E-state index is 13.2. The molecule has 2 heterocycles. The van der Waals surface area contributed by atoms with Gasteiger partial charge in [-0.1, -0.05) is 12.1 Å². The number of rotatable bonds is 7. The van der Waals surface area contributed by atoms with E-state index < -0.39 is 0 Å². The van der Waals surface area contributed by atoms with Gasteiger partial charge in [0.25, 0.3) is 0 Å². The molecule has 0 saturated heterocycles. The van der Waals surface area contributed by atoms with E-state index in [1.54, 1.807) is 30.3 Å². The van der Waals surface area contributed by atoms with Crippen LogP contribution in [0.1, 0.15) is 36.2 Å². The van der Waals surface area contributed by atoms with Crippen LogP contribution < -0.4 is 9.47 Å². The molecule has 6 nitrogen and oxygen atoms in total. The van der Waals surface area contributed by atoms with Crippen molar-refractivity contribution in [1.82, 2.24) is 9.80 Å². The monoisotopic (exact) mass is 414 g/mol. The van der Waals surface area contributed by atoms with Gasteiger partial charge >= 0.3 is 0 Å². The van der Waals surface area contributed by atoms with E-state index in [0.29, 0.717) is 24.7 Å². The number of ether oxygens (including phenoxy) is 2. The van der Waals surface area contributed by atoms with Crippen LogP contribution in [0.2, 0.25) is 0 Å². The summed E-state index contributed by atoms with van der Waals surface area (Å²) in [5.74, 6) is 1.28. The summed E-state index contributed by atoms with van der Waals surface area (Å²) in [5.41, 5.74) is 1.14. The maximum absolute atomic E-state index is 13.2. The number of thiophene rings is 1. The zero-order chi connectivity index (χ0) is 20.4. The molecule has 1 aliphatic heterocycles. The van der Waals surface area contributed by atoms with Gasteiger partial charge in [0.1, 0.15) is 13.2 Å². The Morgan fingerprint density at radius 2 is 1.97 bits per heavy atom. The van der Waals surface area contributed by atoms with Crippen molar-refractivity contribution in [2.24, 2.45) is 0 Å². The molecule has 0 N–H and O–H groups in total. The van der Waals surface area contributed by atoms with Crippen molar-refractivity contribution in [2.75, 3.05) is 26.8 Å². The van der Waals surface area contributed by atoms with E-state index in [4.69, 9.17) is 9.47 Å². The quantitative estimate of drug-likeness (QED) is 0.698. The fourth-order valence-corrected chi connectivity index (χ4v) is 4.83. The van der Waals surface area contributed by atoms with Crippen LogP contribution in [0.4, 0.5) is 0 Å². The van der Waals surface area contributed by atoms with Crippen LogP contribution in [-0.2, 0) is 16.0 Å². The molecule has 0 radical (unpaired) electrons. The summed E-state index contributed by atoms with van der Waals surface area (Å²) >= 11 is 1.72. The Morgan fingerprint density at radius 1 is 1.21 bits per heavy atom. The van der Waals surface area contributed by atoms with Gasteiger partial charge in [-0.15, -0.1) is 11.3 Å². The average Bonchev–Trinajstić information content (AvgIpc) is 3.45. The number of amides is 2. The van der Waals surface area contributed by atoms with Crippen molar-refractivity contribution in [2.45, 2.75) is 38.3 Å². The van der Waals surface area contributed by atoms with Crippen molar-refractivity contribution in [1.29, 1.82) is 0 Å². The third-order valence-electron chi connectivity index (χ3n) is 5.58. The SMILES string of the molecule is COc1ccccc1OCC1c2ccsc2CCN1C(=O)CN(C(C)=O)C1CC1. The highest BCUT2D eigenvalue weighted by atomic mass is 32.1. The number of carbonyl (C=O) groups is 2. The summed E-state index contributed by atoms with van der Waals surface area (Å²) in [6, 6.07) is 9.66. The van der Waals surface area contributed by atoms with Crippen LogP contribution in [0.3, 0.4) is 0 Å². The third-order valence-corrected chi connectivity index (χ3v) is 6.58. The van der Waals surface area contributed by atoms with Crippen LogP contribution in [-0.4, -0.2) is 54.5 Å². The molecule has 2 amide bonds. The molecular weight excluding hydrogens is 388 g/mol. The summed E-state index contributed by atoms with van der Waals surface area (Å²) < 4.78 is 11.5. The topological polar surface area (TPSA) is 59.1 Å². The number of hydrogen-bond donors (Lipinski definition) is 0. The van der Waals surface area contributed by atoms with Crippen LogP contribution in [0.15, 0.2) is 35.7 Å². The van der Waals surface area contributed by atoms with Gasteiger partial charge in [0.2, 0.25) is 11.8 Å². The molecule has 1 atom stereocenters. The second-order valence-electron chi connectivity index (χ2n) is 7.49. The van der Waals surface area contributed by atoms with Crippen LogP contribution in [0, 0.1) is 0 Å². The predicted octanol–water partition coefficient (Wildman–Crippen LogP) is 3.27. The van der Waals surface area contributed by atoms with Gasteiger partial charge in [0.05, 0.1) is 13.2 Å². The molecule has 1 aromatic heterocycles. The zero-order valence-corrected chi connectivity index (χ0v) is 17.6. The first-order chi connectivity index (χ1) is 14.1. The van der Waals surface area contributed by atoms with E-state index in [2.05, 4.69) is 11.4 Å². The van der Waals surface area contributed by atoms with Crippen molar-refractivity contribution < 1.29 is 19.1 Å². The highest BCUT2D eigenvalue weighted by Gasteiger charge is 2.37. The van der Waals surface area contributed by atoms with Crippen LogP contribution >= 0.6 is 11.3 Å². The first-order valence-corrected chi connectivity index (χ1v) is 10.8. The Kier molecular flexibility index (Phi) is 5.76. The standard InChI is InChI=1S/C22H26N2O4S/c1-15(25)24(16-7-8-16)13-22(26)23-11-9-21-17(10-12-29-21)18(23)14-28-20-6-4-3-5-19(20)27-2/h3-6,10,12,16,18H,7-9,11,13-14H2,1-2H3. The van der Waals surface area contributed by atoms with Gasteiger partial charge in [0, 0.05) is 24.4 Å². The number of hydrogen-bond acceptors (Lipinski definition) is 5. The number of carbonyl (C=O) groups excluding carboxylic acids is 2. The second kappa shape index (κ2) is 8.45. The van der Waals surface area contributed by atoms with E-state index in [-0.39, 0.29) is 30.4 Å². The number of para-hydroxylation sites is 2. The van der Waals surface area contributed by atoms with Gasteiger partial charge in [-0.25, -0.2) is 0 Å². The maximum Gasteiger partial charge on any atom is 0.242 e. The summed E-state index contributed by atoms with van der Waals surface area (Å²) in [4.78, 5) is 30.0. The lowest BCUT2D eigenvalue weighted by atomic mass is 10.0. The molecule has 7 heteroatoms. The second-order valence-corrected chi connectivity index (χ2v) is 8.49. The Morgan fingerprint density at radius 3 is 2.66 bits per heavy atom. The zero-order valence-electron chi connectivity index (χ0n) is 16.8. The molecule has 4 rings (SSSR count). The molecule has 0 bridgehead atoms. The molecule has 1 aromatic carbocycles. The van der Waals surface area contributed by atoms with Gasteiger partial charge in [0.15, 0.2) is 11.5 Å². The first kappa shape index (κ1) is 19.8. The molecule has 154 valence electrons. The lowest BCUT2D eigenvalue weighted by Gasteiger charge is -2.37. The Balaban J connectivity index is 1.52. The highest BCUT2D eigenvalue weighted by molar-refractivity contribution is 7.10. The first-order valence-electron chi connectivity index (χ1n) is 9.97. The van der Waals surface area contributed by atoms with Crippen molar-refractivity contribution in [3.05, 3.63) is 46.2 Å².